The second kappa shape index (κ2) is 8.14. The van der Waals surface area contributed by atoms with E-state index in [-0.39, 0.29) is 11.9 Å². The third-order valence-corrected chi connectivity index (χ3v) is 4.93. The van der Waals surface area contributed by atoms with Crippen LogP contribution in [0.1, 0.15) is 28.9 Å². The third-order valence-electron chi connectivity index (χ3n) is 4.93. The molecule has 2 aromatic heterocycles. The van der Waals surface area contributed by atoms with Crippen LogP contribution in [0.2, 0.25) is 0 Å². The van der Waals surface area contributed by atoms with Crippen LogP contribution in [-0.4, -0.2) is 44.9 Å². The topological polar surface area (TPSA) is 73.9 Å². The summed E-state index contributed by atoms with van der Waals surface area (Å²) < 4.78 is 0. The van der Waals surface area contributed by atoms with Gasteiger partial charge in [-0.1, -0.05) is 18.2 Å². The van der Waals surface area contributed by atoms with Crippen molar-refractivity contribution in [3.05, 3.63) is 72.3 Å². The van der Waals surface area contributed by atoms with Gasteiger partial charge in [-0.3, -0.25) is 14.7 Å². The average molecular weight is 361 g/mol. The van der Waals surface area contributed by atoms with Crippen molar-refractivity contribution < 1.29 is 4.79 Å². The Labute approximate surface area is 158 Å². The number of carbonyl (C=O) groups excluding carboxylic acids is 1. The minimum Gasteiger partial charge on any atom is -0.349 e. The summed E-state index contributed by atoms with van der Waals surface area (Å²) >= 11 is 0. The van der Waals surface area contributed by atoms with Gasteiger partial charge in [0.15, 0.2) is 0 Å². The van der Waals surface area contributed by atoms with E-state index in [1.807, 2.05) is 42.6 Å². The number of H-pyrrole nitrogens is 1. The highest BCUT2D eigenvalue weighted by atomic mass is 16.1. The molecule has 1 aliphatic heterocycles. The molecule has 1 amide bonds. The first-order valence-corrected chi connectivity index (χ1v) is 9.31. The molecular formula is C21H23N5O. The number of rotatable bonds is 5. The molecule has 0 unspecified atom stereocenters. The lowest BCUT2D eigenvalue weighted by Gasteiger charge is -2.32. The van der Waals surface area contributed by atoms with Crippen molar-refractivity contribution in [2.24, 2.45) is 0 Å². The Morgan fingerprint density at radius 2 is 2.00 bits per heavy atom. The number of aromatic nitrogens is 3. The molecule has 1 fully saturated rings. The Morgan fingerprint density at radius 3 is 2.74 bits per heavy atom. The molecule has 3 heterocycles. The molecule has 0 radical (unpaired) electrons. The lowest BCUT2D eigenvalue weighted by Crippen LogP contribution is -2.44. The highest BCUT2D eigenvalue weighted by Gasteiger charge is 2.21. The van der Waals surface area contributed by atoms with Crippen LogP contribution in [0.3, 0.4) is 0 Å². The molecule has 1 aromatic carbocycles. The predicted molar refractivity (Wildman–Crippen MR) is 104 cm³/mol. The largest absolute Gasteiger partial charge is 0.349 e. The number of piperidine rings is 1. The molecule has 6 nitrogen and oxygen atoms in total. The van der Waals surface area contributed by atoms with Gasteiger partial charge in [-0.25, -0.2) is 4.98 Å². The summed E-state index contributed by atoms with van der Waals surface area (Å²) in [6.07, 6.45) is 7.23. The zero-order valence-corrected chi connectivity index (χ0v) is 15.1. The first-order valence-electron chi connectivity index (χ1n) is 9.31. The Kier molecular flexibility index (Phi) is 5.25. The van der Waals surface area contributed by atoms with Crippen LogP contribution in [-0.2, 0) is 6.54 Å². The third kappa shape index (κ3) is 4.41. The van der Waals surface area contributed by atoms with Crippen LogP contribution in [0.4, 0.5) is 0 Å². The lowest BCUT2D eigenvalue weighted by molar-refractivity contribution is 0.0908. The Hall–Kier alpha value is -2.99. The standard InChI is InChI=1S/C21H23N5O/c27-21(17-5-3-4-16(14-17)20-23-10-11-24-20)25-18-7-12-26(13-8-18)15-19-6-1-2-9-22-19/h1-6,9-11,14,18H,7-8,12-13,15H2,(H,23,24)(H,25,27). The van der Waals surface area contributed by atoms with Gasteiger partial charge in [-0.2, -0.15) is 0 Å². The Bertz CT molecular complexity index is 871. The summed E-state index contributed by atoms with van der Waals surface area (Å²) in [7, 11) is 0. The molecule has 6 heteroatoms. The monoisotopic (exact) mass is 361 g/mol. The summed E-state index contributed by atoms with van der Waals surface area (Å²) in [5.74, 6) is 0.749. The normalized spacial score (nSPS) is 15.6. The maximum absolute atomic E-state index is 12.6. The molecule has 3 aromatic rings. The Balaban J connectivity index is 1.31. The van der Waals surface area contributed by atoms with Gasteiger partial charge in [0.05, 0.1) is 5.69 Å². The molecule has 0 bridgehead atoms. The Morgan fingerprint density at radius 1 is 1.11 bits per heavy atom. The molecular weight excluding hydrogens is 338 g/mol. The molecule has 0 saturated carbocycles. The van der Waals surface area contributed by atoms with E-state index in [1.54, 1.807) is 12.4 Å². The van der Waals surface area contributed by atoms with Crippen molar-refractivity contribution in [3.63, 3.8) is 0 Å². The lowest BCUT2D eigenvalue weighted by atomic mass is 10.0. The van der Waals surface area contributed by atoms with E-state index in [2.05, 4.69) is 31.2 Å². The number of amides is 1. The van der Waals surface area contributed by atoms with Gasteiger partial charge in [0, 0.05) is 55.4 Å². The number of pyridine rings is 1. The summed E-state index contributed by atoms with van der Waals surface area (Å²) in [5, 5.41) is 3.18. The van der Waals surface area contributed by atoms with Gasteiger partial charge in [-0.15, -0.1) is 0 Å². The number of nitrogens with one attached hydrogen (secondary N) is 2. The zero-order chi connectivity index (χ0) is 18.5. The molecule has 0 spiro atoms. The summed E-state index contributed by atoms with van der Waals surface area (Å²) in [6.45, 7) is 2.80. The van der Waals surface area contributed by atoms with E-state index in [9.17, 15) is 4.79 Å². The number of aromatic amines is 1. The fraction of sp³-hybridized carbons (Fsp3) is 0.286. The van der Waals surface area contributed by atoms with Crippen molar-refractivity contribution >= 4 is 5.91 Å². The quantitative estimate of drug-likeness (QED) is 0.733. The van der Waals surface area contributed by atoms with Crippen molar-refractivity contribution in [2.45, 2.75) is 25.4 Å². The number of benzene rings is 1. The van der Waals surface area contributed by atoms with E-state index >= 15 is 0 Å². The molecule has 4 rings (SSSR count). The molecule has 0 atom stereocenters. The van der Waals surface area contributed by atoms with Crippen LogP contribution >= 0.6 is 0 Å². The minimum atomic E-state index is -0.0217. The first kappa shape index (κ1) is 17.4. The van der Waals surface area contributed by atoms with Crippen LogP contribution < -0.4 is 5.32 Å². The molecule has 0 aliphatic carbocycles. The van der Waals surface area contributed by atoms with Crippen LogP contribution in [0.15, 0.2) is 61.1 Å². The average Bonchev–Trinajstić information content (AvgIpc) is 3.25. The smallest absolute Gasteiger partial charge is 0.251 e. The number of carbonyl (C=O) groups is 1. The summed E-state index contributed by atoms with van der Waals surface area (Å²) in [5.41, 5.74) is 2.67. The summed E-state index contributed by atoms with van der Waals surface area (Å²) in [4.78, 5) is 26.7. The fourth-order valence-electron chi connectivity index (χ4n) is 3.46. The summed E-state index contributed by atoms with van der Waals surface area (Å²) in [6, 6.07) is 13.8. The van der Waals surface area contributed by atoms with Gasteiger partial charge in [0.25, 0.3) is 5.91 Å². The van der Waals surface area contributed by atoms with Gasteiger partial charge in [0.1, 0.15) is 5.82 Å². The number of hydrogen-bond donors (Lipinski definition) is 2. The molecule has 27 heavy (non-hydrogen) atoms. The maximum Gasteiger partial charge on any atom is 0.251 e. The minimum absolute atomic E-state index is 0.0217. The van der Waals surface area contributed by atoms with Crippen molar-refractivity contribution in [1.29, 1.82) is 0 Å². The van der Waals surface area contributed by atoms with Crippen LogP contribution in [0.25, 0.3) is 11.4 Å². The van der Waals surface area contributed by atoms with Gasteiger partial charge in [-0.05, 0) is 37.1 Å². The van der Waals surface area contributed by atoms with Gasteiger partial charge >= 0.3 is 0 Å². The van der Waals surface area contributed by atoms with Crippen molar-refractivity contribution in [3.8, 4) is 11.4 Å². The highest BCUT2D eigenvalue weighted by molar-refractivity contribution is 5.95. The number of hydrogen-bond acceptors (Lipinski definition) is 4. The fourth-order valence-corrected chi connectivity index (χ4v) is 3.46. The van der Waals surface area contributed by atoms with E-state index in [0.717, 1.165) is 49.6 Å². The van der Waals surface area contributed by atoms with E-state index in [0.29, 0.717) is 5.56 Å². The van der Waals surface area contributed by atoms with Gasteiger partial charge < -0.3 is 10.3 Å². The van der Waals surface area contributed by atoms with E-state index in [4.69, 9.17) is 0 Å². The van der Waals surface area contributed by atoms with Crippen LogP contribution in [0, 0.1) is 0 Å². The molecule has 138 valence electrons. The molecule has 1 aliphatic rings. The second-order valence-electron chi connectivity index (χ2n) is 6.86. The van der Waals surface area contributed by atoms with Gasteiger partial charge in [0.2, 0.25) is 0 Å². The number of imidazole rings is 1. The van der Waals surface area contributed by atoms with E-state index < -0.39 is 0 Å². The van der Waals surface area contributed by atoms with Crippen LogP contribution in [0.5, 0.6) is 0 Å². The number of likely N-dealkylation sites (tertiary alicyclic amines) is 1. The first-order chi connectivity index (χ1) is 13.3. The van der Waals surface area contributed by atoms with Crippen molar-refractivity contribution in [2.75, 3.05) is 13.1 Å². The van der Waals surface area contributed by atoms with Crippen molar-refractivity contribution in [1.82, 2.24) is 25.2 Å². The van der Waals surface area contributed by atoms with E-state index in [1.165, 1.54) is 0 Å². The number of nitrogens with zero attached hydrogens (tertiary/aromatic N) is 3. The zero-order valence-electron chi connectivity index (χ0n) is 15.1. The molecule has 1 saturated heterocycles. The predicted octanol–water partition coefficient (Wildman–Crippen LogP) is 2.87. The second-order valence-corrected chi connectivity index (χ2v) is 6.86. The maximum atomic E-state index is 12.6. The molecule has 2 N–H and O–H groups in total. The SMILES string of the molecule is O=C(NC1CCN(Cc2ccccn2)CC1)c1cccc(-c2ncc[nH]2)c1. The highest BCUT2D eigenvalue weighted by Crippen LogP contribution is 2.17.